The van der Waals surface area contributed by atoms with Gasteiger partial charge in [0.15, 0.2) is 0 Å². The lowest BCUT2D eigenvalue weighted by Gasteiger charge is -2.07. The summed E-state index contributed by atoms with van der Waals surface area (Å²) in [5.74, 6) is 0.283. The smallest absolute Gasteiger partial charge is 0.310 e. The average molecular weight is 194 g/mol. The third kappa shape index (κ3) is 2.49. The molecule has 1 N–H and O–H groups in total. The molecule has 0 saturated heterocycles. The van der Waals surface area contributed by atoms with Gasteiger partial charge in [-0.15, -0.1) is 0 Å². The van der Waals surface area contributed by atoms with Crippen LogP contribution in [-0.2, 0) is 11.2 Å². The monoisotopic (exact) mass is 194 g/mol. The molecule has 0 bridgehead atoms. The first kappa shape index (κ1) is 10.6. The Labute approximate surface area is 83.3 Å². The predicted octanol–water partition coefficient (Wildman–Crippen LogP) is 2.27. The molecule has 0 heterocycles. The Kier molecular flexibility index (Phi) is 3.51. The van der Waals surface area contributed by atoms with Crippen LogP contribution in [0.1, 0.15) is 25.8 Å². The molecule has 0 spiro atoms. The Morgan fingerprint density at radius 2 is 2.14 bits per heavy atom. The second-order valence-electron chi connectivity index (χ2n) is 2.97. The van der Waals surface area contributed by atoms with E-state index in [1.807, 2.05) is 6.92 Å². The zero-order valence-corrected chi connectivity index (χ0v) is 8.41. The van der Waals surface area contributed by atoms with Gasteiger partial charge in [0.1, 0.15) is 11.5 Å². The maximum absolute atomic E-state index is 11.1. The molecular weight excluding hydrogens is 180 g/mol. The molecule has 0 aliphatic heterocycles. The molecule has 0 saturated carbocycles. The van der Waals surface area contributed by atoms with Crippen LogP contribution >= 0.6 is 0 Å². The molecular formula is C11H14O3. The SMILES string of the molecule is CCC(=O)Oc1cc(O)ccc1CC. The molecule has 0 atom stereocenters. The van der Waals surface area contributed by atoms with Crippen molar-refractivity contribution in [1.29, 1.82) is 0 Å². The molecule has 3 nitrogen and oxygen atoms in total. The van der Waals surface area contributed by atoms with Crippen LogP contribution in [0, 0.1) is 0 Å². The van der Waals surface area contributed by atoms with E-state index in [1.165, 1.54) is 6.07 Å². The number of carbonyl (C=O) groups is 1. The number of rotatable bonds is 3. The first-order valence-corrected chi connectivity index (χ1v) is 4.70. The van der Waals surface area contributed by atoms with E-state index in [9.17, 15) is 9.90 Å². The van der Waals surface area contributed by atoms with Gasteiger partial charge in [-0.25, -0.2) is 0 Å². The fourth-order valence-corrected chi connectivity index (χ4v) is 1.13. The Morgan fingerprint density at radius 3 is 2.71 bits per heavy atom. The summed E-state index contributed by atoms with van der Waals surface area (Å²) in [4.78, 5) is 11.1. The van der Waals surface area contributed by atoms with E-state index in [2.05, 4.69) is 0 Å². The summed E-state index contributed by atoms with van der Waals surface area (Å²) < 4.78 is 5.07. The Hall–Kier alpha value is -1.51. The number of carbonyl (C=O) groups excluding carboxylic acids is 1. The van der Waals surface area contributed by atoms with Gasteiger partial charge in [-0.05, 0) is 18.1 Å². The highest BCUT2D eigenvalue weighted by Gasteiger charge is 2.07. The average Bonchev–Trinajstić information content (AvgIpc) is 2.18. The highest BCUT2D eigenvalue weighted by atomic mass is 16.5. The molecule has 0 aromatic heterocycles. The summed E-state index contributed by atoms with van der Waals surface area (Å²) in [5.41, 5.74) is 0.921. The van der Waals surface area contributed by atoms with Crippen LogP contribution in [0.2, 0.25) is 0 Å². The molecule has 0 unspecified atom stereocenters. The lowest BCUT2D eigenvalue weighted by molar-refractivity contribution is -0.134. The van der Waals surface area contributed by atoms with Gasteiger partial charge in [0.25, 0.3) is 0 Å². The fraction of sp³-hybridized carbons (Fsp3) is 0.364. The van der Waals surface area contributed by atoms with Crippen LogP contribution in [0.15, 0.2) is 18.2 Å². The highest BCUT2D eigenvalue weighted by molar-refractivity contribution is 5.72. The number of hydrogen-bond donors (Lipinski definition) is 1. The minimum atomic E-state index is -0.287. The largest absolute Gasteiger partial charge is 0.508 e. The maximum Gasteiger partial charge on any atom is 0.310 e. The number of aryl methyl sites for hydroxylation is 1. The van der Waals surface area contributed by atoms with E-state index < -0.39 is 0 Å². The Bertz CT molecular complexity index is 331. The zero-order valence-electron chi connectivity index (χ0n) is 8.41. The van der Waals surface area contributed by atoms with E-state index >= 15 is 0 Å². The van der Waals surface area contributed by atoms with Crippen molar-refractivity contribution in [3.63, 3.8) is 0 Å². The Balaban J connectivity index is 2.93. The van der Waals surface area contributed by atoms with Crippen LogP contribution in [0.25, 0.3) is 0 Å². The summed E-state index contributed by atoms with van der Waals surface area (Å²) in [6, 6.07) is 4.81. The number of aromatic hydroxyl groups is 1. The highest BCUT2D eigenvalue weighted by Crippen LogP contribution is 2.24. The molecule has 1 aromatic carbocycles. The quantitative estimate of drug-likeness (QED) is 0.593. The Morgan fingerprint density at radius 1 is 1.43 bits per heavy atom. The van der Waals surface area contributed by atoms with Crippen molar-refractivity contribution in [2.45, 2.75) is 26.7 Å². The normalized spacial score (nSPS) is 9.86. The molecule has 14 heavy (non-hydrogen) atoms. The van der Waals surface area contributed by atoms with E-state index in [-0.39, 0.29) is 11.7 Å². The first-order valence-electron chi connectivity index (χ1n) is 4.70. The van der Waals surface area contributed by atoms with Crippen LogP contribution in [-0.4, -0.2) is 11.1 Å². The van der Waals surface area contributed by atoms with Gasteiger partial charge < -0.3 is 9.84 Å². The van der Waals surface area contributed by atoms with E-state index in [0.29, 0.717) is 12.2 Å². The standard InChI is InChI=1S/C11H14O3/c1-3-8-5-6-9(12)7-10(8)14-11(13)4-2/h5-7,12H,3-4H2,1-2H3. The molecule has 1 aromatic rings. The second kappa shape index (κ2) is 4.65. The lowest BCUT2D eigenvalue weighted by Crippen LogP contribution is -2.07. The topological polar surface area (TPSA) is 46.5 Å². The molecule has 0 amide bonds. The molecule has 0 fully saturated rings. The van der Waals surface area contributed by atoms with Crippen molar-refractivity contribution >= 4 is 5.97 Å². The van der Waals surface area contributed by atoms with Crippen molar-refractivity contribution in [2.24, 2.45) is 0 Å². The molecule has 0 aliphatic carbocycles. The number of benzene rings is 1. The lowest BCUT2D eigenvalue weighted by atomic mass is 10.1. The van der Waals surface area contributed by atoms with Gasteiger partial charge >= 0.3 is 5.97 Å². The molecule has 0 radical (unpaired) electrons. The molecule has 1 rings (SSSR count). The van der Waals surface area contributed by atoms with Crippen LogP contribution in [0.4, 0.5) is 0 Å². The predicted molar refractivity (Wildman–Crippen MR) is 53.4 cm³/mol. The number of esters is 1. The fourth-order valence-electron chi connectivity index (χ4n) is 1.13. The number of phenols is 1. The number of hydrogen-bond acceptors (Lipinski definition) is 3. The van der Waals surface area contributed by atoms with Crippen molar-refractivity contribution in [3.8, 4) is 11.5 Å². The minimum Gasteiger partial charge on any atom is -0.508 e. The second-order valence-corrected chi connectivity index (χ2v) is 2.97. The third-order valence-corrected chi connectivity index (χ3v) is 1.94. The van der Waals surface area contributed by atoms with Gasteiger partial charge in [0.05, 0.1) is 0 Å². The van der Waals surface area contributed by atoms with Gasteiger partial charge in [0, 0.05) is 12.5 Å². The summed E-state index contributed by atoms with van der Waals surface area (Å²) in [6.07, 6.45) is 1.10. The van der Waals surface area contributed by atoms with Gasteiger partial charge in [-0.1, -0.05) is 19.9 Å². The van der Waals surface area contributed by atoms with Crippen molar-refractivity contribution in [2.75, 3.05) is 0 Å². The van der Waals surface area contributed by atoms with Crippen molar-refractivity contribution in [3.05, 3.63) is 23.8 Å². The van der Waals surface area contributed by atoms with Gasteiger partial charge in [-0.3, -0.25) is 4.79 Å². The third-order valence-electron chi connectivity index (χ3n) is 1.94. The molecule has 76 valence electrons. The van der Waals surface area contributed by atoms with Crippen LogP contribution < -0.4 is 4.74 Å². The van der Waals surface area contributed by atoms with E-state index in [4.69, 9.17) is 4.74 Å². The molecule has 0 aliphatic rings. The van der Waals surface area contributed by atoms with Crippen molar-refractivity contribution in [1.82, 2.24) is 0 Å². The van der Waals surface area contributed by atoms with Crippen molar-refractivity contribution < 1.29 is 14.6 Å². The molecule has 3 heteroatoms. The van der Waals surface area contributed by atoms with E-state index in [1.54, 1.807) is 19.1 Å². The van der Waals surface area contributed by atoms with Crippen LogP contribution in [0.5, 0.6) is 11.5 Å². The number of ether oxygens (including phenoxy) is 1. The maximum atomic E-state index is 11.1. The summed E-state index contributed by atoms with van der Waals surface area (Å²) in [7, 11) is 0. The summed E-state index contributed by atoms with van der Waals surface area (Å²) in [6.45, 7) is 3.70. The first-order chi connectivity index (χ1) is 6.67. The summed E-state index contributed by atoms with van der Waals surface area (Å²) >= 11 is 0. The number of phenolic OH excluding ortho intramolecular Hbond substituents is 1. The van der Waals surface area contributed by atoms with Gasteiger partial charge in [0.2, 0.25) is 0 Å². The zero-order chi connectivity index (χ0) is 10.6. The summed E-state index contributed by atoms with van der Waals surface area (Å²) in [5, 5.41) is 9.23. The van der Waals surface area contributed by atoms with E-state index in [0.717, 1.165) is 12.0 Å². The van der Waals surface area contributed by atoms with Gasteiger partial charge in [-0.2, -0.15) is 0 Å². The van der Waals surface area contributed by atoms with Crippen LogP contribution in [0.3, 0.4) is 0 Å². The minimum absolute atomic E-state index is 0.112.